The van der Waals surface area contributed by atoms with Crippen molar-refractivity contribution >= 4 is 11.8 Å². The molecule has 0 fully saturated rings. The first kappa shape index (κ1) is 23.5. The lowest BCUT2D eigenvalue weighted by Gasteiger charge is -2.34. The van der Waals surface area contributed by atoms with Crippen LogP contribution in [0.25, 0.3) is 11.3 Å². The van der Waals surface area contributed by atoms with Crippen LogP contribution < -0.4 is 10.2 Å². The Kier molecular flexibility index (Phi) is 6.68. The van der Waals surface area contributed by atoms with Gasteiger partial charge in [-0.3, -0.25) is 9.59 Å². The number of hydrogen-bond acceptors (Lipinski definition) is 5. The fraction of sp³-hybridized carbons (Fsp3) is 0.321. The molecule has 6 nitrogen and oxygen atoms in total. The first-order valence-corrected chi connectivity index (χ1v) is 11.6. The topological polar surface area (TPSA) is 74.6 Å². The van der Waals surface area contributed by atoms with Crippen molar-refractivity contribution in [3.8, 4) is 17.0 Å². The number of pyridine rings is 1. The average molecular weight is 460 g/mol. The fourth-order valence-corrected chi connectivity index (χ4v) is 4.44. The Morgan fingerprint density at radius 2 is 1.82 bits per heavy atom. The standard InChI is InChI=1S/C28H29NO5/c1-5-33-28(32)23-15-29-24(17(2)3)11-20-12-27(34-16-19-9-7-6-8-10-19)21(18(4)30)13-22(20)25(29)14-26(23)31/h6-10,12-15,17,24H,5,11,16H2,1-4H3. The summed E-state index contributed by atoms with van der Waals surface area (Å²) in [4.78, 5) is 37.7. The monoisotopic (exact) mass is 459 g/mol. The number of hydrogen-bond donors (Lipinski definition) is 0. The summed E-state index contributed by atoms with van der Waals surface area (Å²) >= 11 is 0. The zero-order valence-corrected chi connectivity index (χ0v) is 20.0. The predicted molar refractivity (Wildman–Crippen MR) is 130 cm³/mol. The number of ketones is 1. The van der Waals surface area contributed by atoms with Gasteiger partial charge in [-0.25, -0.2) is 4.79 Å². The molecule has 4 rings (SSSR count). The van der Waals surface area contributed by atoms with Crippen LogP contribution in [0.5, 0.6) is 5.75 Å². The molecule has 1 aliphatic rings. The Labute approximate surface area is 199 Å². The first-order chi connectivity index (χ1) is 16.3. The third-order valence-electron chi connectivity index (χ3n) is 6.23. The second-order valence-electron chi connectivity index (χ2n) is 8.92. The van der Waals surface area contributed by atoms with E-state index in [4.69, 9.17) is 9.47 Å². The van der Waals surface area contributed by atoms with Crippen LogP contribution in [0.3, 0.4) is 0 Å². The maximum atomic E-state index is 12.8. The molecule has 1 aromatic heterocycles. The zero-order chi connectivity index (χ0) is 24.4. The van der Waals surface area contributed by atoms with Crippen molar-refractivity contribution < 1.29 is 19.1 Å². The quantitative estimate of drug-likeness (QED) is 0.357. The van der Waals surface area contributed by atoms with Crippen molar-refractivity contribution in [3.05, 3.63) is 87.2 Å². The minimum Gasteiger partial charge on any atom is -0.488 e. The third kappa shape index (κ3) is 4.53. The molecule has 6 heteroatoms. The van der Waals surface area contributed by atoms with Crippen LogP contribution in [-0.2, 0) is 17.8 Å². The highest BCUT2D eigenvalue weighted by atomic mass is 16.5. The van der Waals surface area contributed by atoms with Crippen LogP contribution in [0.4, 0.5) is 0 Å². The van der Waals surface area contributed by atoms with Crippen LogP contribution in [0, 0.1) is 5.92 Å². The van der Waals surface area contributed by atoms with E-state index in [1.165, 1.54) is 13.0 Å². The molecule has 2 heterocycles. The van der Waals surface area contributed by atoms with Gasteiger partial charge >= 0.3 is 5.97 Å². The van der Waals surface area contributed by atoms with Crippen LogP contribution in [0.2, 0.25) is 0 Å². The molecule has 1 atom stereocenters. The van der Waals surface area contributed by atoms with Crippen LogP contribution >= 0.6 is 0 Å². The molecular weight excluding hydrogens is 430 g/mol. The highest BCUT2D eigenvalue weighted by Crippen LogP contribution is 2.40. The number of carbonyl (C=O) groups is 2. The summed E-state index contributed by atoms with van der Waals surface area (Å²) in [5.74, 6) is 0.0428. The molecule has 3 aromatic rings. The number of rotatable bonds is 7. The molecular formula is C28H29NO5. The van der Waals surface area contributed by atoms with Gasteiger partial charge in [0.25, 0.3) is 0 Å². The molecule has 0 saturated carbocycles. The van der Waals surface area contributed by atoms with Crippen molar-refractivity contribution in [3.63, 3.8) is 0 Å². The summed E-state index contributed by atoms with van der Waals surface area (Å²) in [6, 6.07) is 15.0. The van der Waals surface area contributed by atoms with Gasteiger partial charge in [0.15, 0.2) is 11.2 Å². The van der Waals surface area contributed by atoms with E-state index in [0.29, 0.717) is 30.0 Å². The summed E-state index contributed by atoms with van der Waals surface area (Å²) in [5.41, 5.74) is 3.61. The molecule has 0 aliphatic carbocycles. The van der Waals surface area contributed by atoms with Gasteiger partial charge < -0.3 is 14.0 Å². The second kappa shape index (κ2) is 9.67. The van der Waals surface area contributed by atoms with E-state index >= 15 is 0 Å². The molecule has 176 valence electrons. The summed E-state index contributed by atoms with van der Waals surface area (Å²) in [7, 11) is 0. The molecule has 0 bridgehead atoms. The predicted octanol–water partition coefficient (Wildman–Crippen LogP) is 5.23. The van der Waals surface area contributed by atoms with Crippen molar-refractivity contribution in [2.75, 3.05) is 6.61 Å². The number of aromatic nitrogens is 1. The first-order valence-electron chi connectivity index (χ1n) is 11.6. The summed E-state index contributed by atoms with van der Waals surface area (Å²) in [6.45, 7) is 7.99. The van der Waals surface area contributed by atoms with E-state index in [1.54, 1.807) is 13.1 Å². The SMILES string of the molecule is CCOC(=O)c1cn2c(cc1=O)-c1cc(C(C)=O)c(OCc3ccccc3)cc1CC2C(C)C. The molecule has 1 unspecified atom stereocenters. The number of fused-ring (bicyclic) bond motifs is 3. The van der Waals surface area contributed by atoms with Crippen LogP contribution in [0.15, 0.2) is 59.5 Å². The van der Waals surface area contributed by atoms with E-state index in [2.05, 4.69) is 13.8 Å². The Balaban J connectivity index is 1.82. The Morgan fingerprint density at radius 3 is 2.47 bits per heavy atom. The van der Waals surface area contributed by atoms with Crippen LogP contribution in [-0.4, -0.2) is 22.9 Å². The van der Waals surface area contributed by atoms with E-state index in [1.807, 2.05) is 47.0 Å². The molecule has 0 amide bonds. The number of Topliss-reactive ketones (excluding diaryl/α,β-unsaturated/α-hetero) is 1. The minimum atomic E-state index is -0.620. The number of esters is 1. The van der Waals surface area contributed by atoms with Crippen molar-refractivity contribution in [2.24, 2.45) is 5.92 Å². The van der Waals surface area contributed by atoms with Gasteiger partial charge in [0.05, 0.1) is 17.9 Å². The largest absolute Gasteiger partial charge is 0.488 e. The summed E-state index contributed by atoms with van der Waals surface area (Å²) in [5, 5.41) is 0. The Morgan fingerprint density at radius 1 is 1.09 bits per heavy atom. The lowest BCUT2D eigenvalue weighted by molar-refractivity contribution is 0.0523. The maximum Gasteiger partial charge on any atom is 0.343 e. The maximum absolute atomic E-state index is 12.8. The number of benzene rings is 2. The van der Waals surface area contributed by atoms with E-state index in [0.717, 1.165) is 16.7 Å². The van der Waals surface area contributed by atoms with Crippen molar-refractivity contribution in [1.29, 1.82) is 0 Å². The number of ether oxygens (including phenoxy) is 2. The highest BCUT2D eigenvalue weighted by Gasteiger charge is 2.30. The smallest absolute Gasteiger partial charge is 0.343 e. The minimum absolute atomic E-state index is 0.0225. The lowest BCUT2D eigenvalue weighted by Crippen LogP contribution is -2.29. The van der Waals surface area contributed by atoms with Gasteiger partial charge in [-0.15, -0.1) is 0 Å². The highest BCUT2D eigenvalue weighted by molar-refractivity contribution is 5.98. The van der Waals surface area contributed by atoms with E-state index in [-0.39, 0.29) is 29.9 Å². The average Bonchev–Trinajstić information content (AvgIpc) is 2.81. The normalized spacial score (nSPS) is 14.3. The van der Waals surface area contributed by atoms with E-state index < -0.39 is 11.4 Å². The third-order valence-corrected chi connectivity index (χ3v) is 6.23. The summed E-state index contributed by atoms with van der Waals surface area (Å²) in [6.07, 6.45) is 2.29. The number of carbonyl (C=O) groups excluding carboxylic acids is 2. The zero-order valence-electron chi connectivity index (χ0n) is 20.0. The second-order valence-corrected chi connectivity index (χ2v) is 8.92. The molecule has 1 aliphatic heterocycles. The molecule has 0 N–H and O–H groups in total. The molecule has 2 aromatic carbocycles. The fourth-order valence-electron chi connectivity index (χ4n) is 4.44. The molecule has 34 heavy (non-hydrogen) atoms. The lowest BCUT2D eigenvalue weighted by atomic mass is 9.86. The van der Waals surface area contributed by atoms with Crippen molar-refractivity contribution in [2.45, 2.75) is 46.8 Å². The van der Waals surface area contributed by atoms with Gasteiger partial charge in [0, 0.05) is 23.9 Å². The van der Waals surface area contributed by atoms with Gasteiger partial charge in [-0.2, -0.15) is 0 Å². The van der Waals surface area contributed by atoms with Crippen molar-refractivity contribution in [1.82, 2.24) is 4.57 Å². The molecule has 0 saturated heterocycles. The Bertz CT molecular complexity index is 1290. The van der Waals surface area contributed by atoms with Gasteiger partial charge in [-0.05, 0) is 49.4 Å². The molecule has 0 radical (unpaired) electrons. The van der Waals surface area contributed by atoms with Gasteiger partial charge in [0.1, 0.15) is 17.9 Å². The summed E-state index contributed by atoms with van der Waals surface area (Å²) < 4.78 is 13.1. The van der Waals surface area contributed by atoms with Gasteiger partial charge in [0.2, 0.25) is 0 Å². The Hall–Kier alpha value is -3.67. The van der Waals surface area contributed by atoms with E-state index in [9.17, 15) is 14.4 Å². The number of nitrogens with zero attached hydrogens (tertiary/aromatic N) is 1. The van der Waals surface area contributed by atoms with Gasteiger partial charge in [-0.1, -0.05) is 44.2 Å². The van der Waals surface area contributed by atoms with Crippen LogP contribution in [0.1, 0.15) is 65.6 Å². The molecule has 0 spiro atoms.